The predicted octanol–water partition coefficient (Wildman–Crippen LogP) is 2.49. The van der Waals surface area contributed by atoms with E-state index in [9.17, 15) is 9.18 Å². The van der Waals surface area contributed by atoms with E-state index in [-0.39, 0.29) is 17.1 Å². The van der Waals surface area contributed by atoms with Crippen LogP contribution in [-0.4, -0.2) is 18.0 Å². The molecule has 1 aromatic rings. The minimum Gasteiger partial charge on any atom is -0.354 e. The normalized spacial score (nSPS) is 18.0. The van der Waals surface area contributed by atoms with Crippen molar-refractivity contribution < 1.29 is 9.18 Å². The van der Waals surface area contributed by atoms with Crippen molar-refractivity contribution >= 4 is 5.91 Å². The average molecular weight is 278 g/mol. The van der Waals surface area contributed by atoms with E-state index in [4.69, 9.17) is 5.73 Å². The number of nitrogens with one attached hydrogen (secondary N) is 1. The molecule has 0 bridgehead atoms. The van der Waals surface area contributed by atoms with Gasteiger partial charge in [-0.1, -0.05) is 38.8 Å². The zero-order valence-corrected chi connectivity index (χ0v) is 12.2. The first kappa shape index (κ1) is 15.0. The largest absolute Gasteiger partial charge is 0.354 e. The van der Waals surface area contributed by atoms with Crippen LogP contribution in [0.15, 0.2) is 24.3 Å². The number of carbonyl (C=O) groups is 1. The molecule has 3 N–H and O–H groups in total. The highest BCUT2D eigenvalue weighted by Gasteiger charge is 2.37. The predicted molar refractivity (Wildman–Crippen MR) is 77.8 cm³/mol. The zero-order valence-electron chi connectivity index (χ0n) is 12.2. The van der Waals surface area contributed by atoms with E-state index in [1.165, 1.54) is 12.1 Å². The maximum atomic E-state index is 13.3. The van der Waals surface area contributed by atoms with Crippen LogP contribution in [-0.2, 0) is 10.2 Å². The molecule has 0 spiro atoms. The van der Waals surface area contributed by atoms with Gasteiger partial charge in [-0.2, -0.15) is 0 Å². The summed E-state index contributed by atoms with van der Waals surface area (Å²) in [6.07, 6.45) is 3.52. The first-order valence-corrected chi connectivity index (χ1v) is 7.17. The zero-order chi connectivity index (χ0) is 14.8. The second-order valence-corrected chi connectivity index (χ2v) is 6.44. The second kappa shape index (κ2) is 5.52. The number of carbonyl (C=O) groups excluding carboxylic acids is 1. The summed E-state index contributed by atoms with van der Waals surface area (Å²) in [5, 5.41) is 2.94. The van der Waals surface area contributed by atoms with Gasteiger partial charge in [-0.15, -0.1) is 0 Å². The maximum absolute atomic E-state index is 13.3. The van der Waals surface area contributed by atoms with E-state index < -0.39 is 5.54 Å². The number of nitrogens with two attached hydrogens (primary N) is 1. The van der Waals surface area contributed by atoms with Crippen molar-refractivity contribution in [3.8, 4) is 0 Å². The van der Waals surface area contributed by atoms with Gasteiger partial charge in [0, 0.05) is 12.0 Å². The Hall–Kier alpha value is -1.42. The molecule has 0 atom stereocenters. The van der Waals surface area contributed by atoms with E-state index in [1.54, 1.807) is 6.07 Å². The molecule has 0 radical (unpaired) electrons. The molecule has 1 aromatic carbocycles. The third-order valence-electron chi connectivity index (χ3n) is 4.24. The summed E-state index contributed by atoms with van der Waals surface area (Å²) in [5.41, 5.74) is 5.96. The van der Waals surface area contributed by atoms with E-state index in [0.29, 0.717) is 6.54 Å². The lowest BCUT2D eigenvalue weighted by molar-refractivity contribution is -0.126. The van der Waals surface area contributed by atoms with Crippen LogP contribution in [0.4, 0.5) is 4.39 Å². The number of amides is 1. The van der Waals surface area contributed by atoms with Crippen molar-refractivity contribution in [3.63, 3.8) is 0 Å². The molecule has 1 amide bonds. The standard InChI is InChI=1S/C16H23FN2O/c1-15(2,12-6-5-7-13(17)10-12)11-19-14(20)16(18)8-3-4-9-16/h5-7,10H,3-4,8-9,11,18H2,1-2H3,(H,19,20). The van der Waals surface area contributed by atoms with Crippen molar-refractivity contribution in [2.24, 2.45) is 5.73 Å². The molecule has 2 rings (SSSR count). The van der Waals surface area contributed by atoms with Gasteiger partial charge in [-0.3, -0.25) is 4.79 Å². The molecule has 0 aromatic heterocycles. The second-order valence-electron chi connectivity index (χ2n) is 6.44. The fraction of sp³-hybridized carbons (Fsp3) is 0.562. The molecule has 1 aliphatic rings. The third-order valence-corrected chi connectivity index (χ3v) is 4.24. The highest BCUT2D eigenvalue weighted by atomic mass is 19.1. The molecule has 1 fully saturated rings. The Morgan fingerprint density at radius 3 is 2.65 bits per heavy atom. The summed E-state index contributed by atoms with van der Waals surface area (Å²) in [7, 11) is 0. The molecule has 1 aliphatic carbocycles. The van der Waals surface area contributed by atoms with E-state index in [0.717, 1.165) is 31.2 Å². The summed E-state index contributed by atoms with van der Waals surface area (Å²) >= 11 is 0. The summed E-state index contributed by atoms with van der Waals surface area (Å²) in [5.74, 6) is -0.340. The van der Waals surface area contributed by atoms with Crippen molar-refractivity contribution in [1.82, 2.24) is 5.32 Å². The van der Waals surface area contributed by atoms with Crippen molar-refractivity contribution in [1.29, 1.82) is 0 Å². The van der Waals surface area contributed by atoms with Crippen LogP contribution in [0.1, 0.15) is 45.1 Å². The topological polar surface area (TPSA) is 55.1 Å². The van der Waals surface area contributed by atoms with Gasteiger partial charge in [0.2, 0.25) is 5.91 Å². The molecule has 20 heavy (non-hydrogen) atoms. The van der Waals surface area contributed by atoms with Gasteiger partial charge < -0.3 is 11.1 Å². The van der Waals surface area contributed by atoms with Gasteiger partial charge in [0.25, 0.3) is 0 Å². The number of halogens is 1. The first-order valence-electron chi connectivity index (χ1n) is 7.17. The molecule has 1 saturated carbocycles. The summed E-state index contributed by atoms with van der Waals surface area (Å²) in [4.78, 5) is 12.2. The molecule has 110 valence electrons. The molecule has 0 heterocycles. The van der Waals surface area contributed by atoms with Crippen LogP contribution >= 0.6 is 0 Å². The summed E-state index contributed by atoms with van der Waals surface area (Å²) in [6.45, 7) is 4.42. The molecule has 4 heteroatoms. The smallest absolute Gasteiger partial charge is 0.240 e. The maximum Gasteiger partial charge on any atom is 0.240 e. The van der Waals surface area contributed by atoms with Crippen LogP contribution in [0.5, 0.6) is 0 Å². The van der Waals surface area contributed by atoms with Crippen LogP contribution in [0, 0.1) is 5.82 Å². The number of hydrogen-bond acceptors (Lipinski definition) is 2. The van der Waals surface area contributed by atoms with E-state index >= 15 is 0 Å². The Bertz CT molecular complexity index is 493. The van der Waals surface area contributed by atoms with Gasteiger partial charge in [-0.05, 0) is 30.5 Å². The Balaban J connectivity index is 2.00. The van der Waals surface area contributed by atoms with Gasteiger partial charge in [0.15, 0.2) is 0 Å². The van der Waals surface area contributed by atoms with E-state index in [1.807, 2.05) is 19.9 Å². The molecule has 0 aliphatic heterocycles. The lowest BCUT2D eigenvalue weighted by Gasteiger charge is -2.29. The fourth-order valence-corrected chi connectivity index (χ4v) is 2.72. The third kappa shape index (κ3) is 3.18. The summed E-state index contributed by atoms with van der Waals surface area (Å²) in [6, 6.07) is 6.50. The number of rotatable bonds is 4. The molecule has 0 unspecified atom stereocenters. The lowest BCUT2D eigenvalue weighted by atomic mass is 9.84. The van der Waals surface area contributed by atoms with Gasteiger partial charge in [0.1, 0.15) is 5.82 Å². The highest BCUT2D eigenvalue weighted by Crippen LogP contribution is 2.28. The quantitative estimate of drug-likeness (QED) is 0.889. The fourth-order valence-electron chi connectivity index (χ4n) is 2.72. The van der Waals surface area contributed by atoms with E-state index in [2.05, 4.69) is 5.32 Å². The Labute approximate surface area is 119 Å². The van der Waals surface area contributed by atoms with Crippen molar-refractivity contribution in [2.75, 3.05) is 6.54 Å². The van der Waals surface area contributed by atoms with Gasteiger partial charge in [-0.25, -0.2) is 4.39 Å². The average Bonchev–Trinajstić information content (AvgIpc) is 2.84. The minimum atomic E-state index is -0.710. The first-order chi connectivity index (χ1) is 9.33. The Morgan fingerprint density at radius 1 is 1.40 bits per heavy atom. The van der Waals surface area contributed by atoms with Gasteiger partial charge >= 0.3 is 0 Å². The van der Waals surface area contributed by atoms with Crippen LogP contribution in [0.25, 0.3) is 0 Å². The Kier molecular flexibility index (Phi) is 4.14. The minimum absolute atomic E-state index is 0.0838. The van der Waals surface area contributed by atoms with Crippen molar-refractivity contribution in [3.05, 3.63) is 35.6 Å². The number of benzene rings is 1. The van der Waals surface area contributed by atoms with Crippen molar-refractivity contribution in [2.45, 2.75) is 50.5 Å². The molecule has 0 saturated heterocycles. The highest BCUT2D eigenvalue weighted by molar-refractivity contribution is 5.86. The molecule has 3 nitrogen and oxygen atoms in total. The molecular formula is C16H23FN2O. The monoisotopic (exact) mass is 278 g/mol. The summed E-state index contributed by atoms with van der Waals surface area (Å²) < 4.78 is 13.3. The lowest BCUT2D eigenvalue weighted by Crippen LogP contribution is -2.53. The van der Waals surface area contributed by atoms with Crippen LogP contribution in [0.3, 0.4) is 0 Å². The van der Waals surface area contributed by atoms with Gasteiger partial charge in [0.05, 0.1) is 5.54 Å². The SMILES string of the molecule is CC(C)(CNC(=O)C1(N)CCCC1)c1cccc(F)c1. The van der Waals surface area contributed by atoms with Crippen LogP contribution < -0.4 is 11.1 Å². The molecular weight excluding hydrogens is 255 g/mol. The van der Waals surface area contributed by atoms with Crippen LogP contribution in [0.2, 0.25) is 0 Å². The number of hydrogen-bond donors (Lipinski definition) is 2. The Morgan fingerprint density at radius 2 is 2.05 bits per heavy atom.